The van der Waals surface area contributed by atoms with Gasteiger partial charge in [0.05, 0.1) is 4.92 Å². The lowest BCUT2D eigenvalue weighted by molar-refractivity contribution is -0.384. The Balaban J connectivity index is 1.40. The fraction of sp³-hybridized carbons (Fsp3) is 0.333. The summed E-state index contributed by atoms with van der Waals surface area (Å²) in [5.41, 5.74) is 1.78. The predicted octanol–water partition coefficient (Wildman–Crippen LogP) is 3.07. The molecule has 0 spiro atoms. The zero-order valence-electron chi connectivity index (χ0n) is 16.3. The number of nitrogens with zero attached hydrogens (tertiary/aromatic N) is 3. The van der Waals surface area contributed by atoms with Crippen molar-refractivity contribution in [3.05, 3.63) is 69.2 Å². The number of benzene rings is 2. The van der Waals surface area contributed by atoms with Crippen molar-refractivity contribution in [3.63, 3.8) is 0 Å². The molecule has 2 aromatic carbocycles. The number of hydrogen-bond acceptors (Lipinski definition) is 6. The van der Waals surface area contributed by atoms with Crippen LogP contribution in [-0.4, -0.2) is 54.5 Å². The lowest BCUT2D eigenvalue weighted by atomic mass is 10.1. The summed E-state index contributed by atoms with van der Waals surface area (Å²) in [5, 5.41) is 11.4. The topological polar surface area (TPSA) is 93.0 Å². The molecule has 1 amide bonds. The largest absolute Gasteiger partial charge is 0.456 e. The van der Waals surface area contributed by atoms with E-state index in [4.69, 9.17) is 16.3 Å². The van der Waals surface area contributed by atoms with Gasteiger partial charge in [-0.2, -0.15) is 0 Å². The Morgan fingerprint density at radius 3 is 2.33 bits per heavy atom. The zero-order chi connectivity index (χ0) is 21.5. The normalized spacial score (nSPS) is 13.8. The van der Waals surface area contributed by atoms with Gasteiger partial charge in [0.25, 0.3) is 11.6 Å². The standard InChI is InChI=1S/C21H22ClN3O5/c22-19-4-2-1-3-16(19)5-10-21(27)30-15-20(26)24-13-11-23(12-14-24)17-6-8-18(9-7-17)25(28)29/h1-4,6-9H,5,10-15H2. The summed E-state index contributed by atoms with van der Waals surface area (Å²) in [5.74, 6) is -0.669. The van der Waals surface area contributed by atoms with Crippen molar-refractivity contribution in [1.29, 1.82) is 0 Å². The number of carbonyl (C=O) groups is 2. The molecule has 9 heteroatoms. The van der Waals surface area contributed by atoms with Crippen LogP contribution in [0, 0.1) is 10.1 Å². The van der Waals surface area contributed by atoms with Crippen molar-refractivity contribution in [1.82, 2.24) is 4.90 Å². The highest BCUT2D eigenvalue weighted by Crippen LogP contribution is 2.21. The molecule has 30 heavy (non-hydrogen) atoms. The van der Waals surface area contributed by atoms with Crippen molar-refractivity contribution >= 4 is 34.9 Å². The van der Waals surface area contributed by atoms with Crippen molar-refractivity contribution < 1.29 is 19.2 Å². The lowest BCUT2D eigenvalue weighted by Crippen LogP contribution is -2.49. The molecule has 0 unspecified atom stereocenters. The molecule has 1 saturated heterocycles. The number of esters is 1. The molecule has 8 nitrogen and oxygen atoms in total. The number of piperazine rings is 1. The molecule has 0 saturated carbocycles. The van der Waals surface area contributed by atoms with E-state index in [0.29, 0.717) is 37.6 Å². The first kappa shape index (κ1) is 21.6. The van der Waals surface area contributed by atoms with Gasteiger partial charge in [-0.3, -0.25) is 19.7 Å². The maximum Gasteiger partial charge on any atom is 0.306 e. The van der Waals surface area contributed by atoms with Gasteiger partial charge in [0.1, 0.15) is 0 Å². The molecule has 2 aromatic rings. The first-order valence-electron chi connectivity index (χ1n) is 9.60. The fourth-order valence-corrected chi connectivity index (χ4v) is 3.47. The summed E-state index contributed by atoms with van der Waals surface area (Å²) in [4.78, 5) is 38.3. The molecular formula is C21H22ClN3O5. The summed E-state index contributed by atoms with van der Waals surface area (Å²) in [6.07, 6.45) is 0.617. The highest BCUT2D eigenvalue weighted by molar-refractivity contribution is 6.31. The monoisotopic (exact) mass is 431 g/mol. The van der Waals surface area contributed by atoms with Crippen LogP contribution in [0.4, 0.5) is 11.4 Å². The molecule has 1 aliphatic rings. The molecule has 1 fully saturated rings. The predicted molar refractivity (Wildman–Crippen MR) is 113 cm³/mol. The number of amides is 1. The second-order valence-corrected chi connectivity index (χ2v) is 7.30. The van der Waals surface area contributed by atoms with Gasteiger partial charge < -0.3 is 14.5 Å². The minimum absolute atomic E-state index is 0.0453. The smallest absolute Gasteiger partial charge is 0.306 e. The third-order valence-corrected chi connectivity index (χ3v) is 5.34. The Morgan fingerprint density at radius 1 is 1.03 bits per heavy atom. The Labute approximate surface area is 179 Å². The van der Waals surface area contributed by atoms with Gasteiger partial charge in [-0.1, -0.05) is 29.8 Å². The number of nitro groups is 1. The molecule has 0 N–H and O–H groups in total. The van der Waals surface area contributed by atoms with E-state index >= 15 is 0 Å². The van der Waals surface area contributed by atoms with Gasteiger partial charge in [0, 0.05) is 55.4 Å². The van der Waals surface area contributed by atoms with Gasteiger partial charge in [0.2, 0.25) is 0 Å². The summed E-state index contributed by atoms with van der Waals surface area (Å²) in [7, 11) is 0. The minimum Gasteiger partial charge on any atom is -0.456 e. The fourth-order valence-electron chi connectivity index (χ4n) is 3.24. The van der Waals surface area contributed by atoms with E-state index in [1.807, 2.05) is 18.2 Å². The molecule has 1 aliphatic heterocycles. The number of rotatable bonds is 7. The number of nitro benzene ring substituents is 1. The van der Waals surface area contributed by atoms with Gasteiger partial charge >= 0.3 is 5.97 Å². The van der Waals surface area contributed by atoms with Gasteiger partial charge in [-0.05, 0) is 30.2 Å². The van der Waals surface area contributed by atoms with Gasteiger partial charge in [-0.15, -0.1) is 0 Å². The lowest BCUT2D eigenvalue weighted by Gasteiger charge is -2.36. The highest BCUT2D eigenvalue weighted by atomic mass is 35.5. The van der Waals surface area contributed by atoms with Crippen molar-refractivity contribution in [3.8, 4) is 0 Å². The number of non-ortho nitro benzene ring substituents is 1. The Bertz CT molecular complexity index is 911. The summed E-state index contributed by atoms with van der Waals surface area (Å²) in [6, 6.07) is 13.6. The summed E-state index contributed by atoms with van der Waals surface area (Å²) < 4.78 is 5.12. The molecule has 0 radical (unpaired) electrons. The van der Waals surface area contributed by atoms with E-state index in [-0.39, 0.29) is 24.6 Å². The molecule has 0 atom stereocenters. The van der Waals surface area contributed by atoms with E-state index in [1.165, 1.54) is 12.1 Å². The van der Waals surface area contributed by atoms with Crippen LogP contribution in [0.3, 0.4) is 0 Å². The second-order valence-electron chi connectivity index (χ2n) is 6.89. The number of halogens is 1. The molecule has 0 aromatic heterocycles. The van der Waals surface area contributed by atoms with Gasteiger partial charge in [-0.25, -0.2) is 0 Å². The van der Waals surface area contributed by atoms with Gasteiger partial charge in [0.15, 0.2) is 6.61 Å². The molecule has 0 bridgehead atoms. The molecule has 158 valence electrons. The SMILES string of the molecule is O=C(CCc1ccccc1Cl)OCC(=O)N1CCN(c2ccc([N+](=O)[O-])cc2)CC1. The van der Waals surface area contributed by atoms with Crippen molar-refractivity contribution in [2.24, 2.45) is 0 Å². The van der Waals surface area contributed by atoms with Crippen LogP contribution in [0.1, 0.15) is 12.0 Å². The van der Waals surface area contributed by atoms with E-state index in [9.17, 15) is 19.7 Å². The summed E-state index contributed by atoms with van der Waals surface area (Å²) in [6.45, 7) is 1.91. The number of carbonyl (C=O) groups excluding carboxylic acids is 2. The van der Waals surface area contributed by atoms with E-state index in [2.05, 4.69) is 4.90 Å². The maximum atomic E-state index is 12.3. The average molecular weight is 432 g/mol. The number of aryl methyl sites for hydroxylation is 1. The van der Waals surface area contributed by atoms with Crippen LogP contribution in [0.15, 0.2) is 48.5 Å². The third-order valence-electron chi connectivity index (χ3n) is 4.97. The molecular weight excluding hydrogens is 410 g/mol. The van der Waals surface area contributed by atoms with Crippen LogP contribution < -0.4 is 4.90 Å². The number of ether oxygens (including phenoxy) is 1. The molecule has 3 rings (SSSR count). The van der Waals surface area contributed by atoms with Crippen LogP contribution >= 0.6 is 11.6 Å². The van der Waals surface area contributed by atoms with E-state index in [1.54, 1.807) is 23.1 Å². The van der Waals surface area contributed by atoms with Crippen LogP contribution in [0.2, 0.25) is 5.02 Å². The Kier molecular flexibility index (Phi) is 7.24. The first-order chi connectivity index (χ1) is 14.4. The third kappa shape index (κ3) is 5.70. The Morgan fingerprint density at radius 2 is 1.70 bits per heavy atom. The highest BCUT2D eigenvalue weighted by Gasteiger charge is 2.22. The van der Waals surface area contributed by atoms with Crippen LogP contribution in [0.25, 0.3) is 0 Å². The minimum atomic E-state index is -0.437. The maximum absolute atomic E-state index is 12.3. The Hall–Kier alpha value is -3.13. The number of hydrogen-bond donors (Lipinski definition) is 0. The van der Waals surface area contributed by atoms with Crippen molar-refractivity contribution in [2.45, 2.75) is 12.8 Å². The number of anilines is 1. The molecule has 1 heterocycles. The average Bonchev–Trinajstić information content (AvgIpc) is 2.77. The quantitative estimate of drug-likeness (QED) is 0.380. The molecule has 0 aliphatic carbocycles. The summed E-state index contributed by atoms with van der Waals surface area (Å²) >= 11 is 6.07. The van der Waals surface area contributed by atoms with Crippen LogP contribution in [0.5, 0.6) is 0 Å². The van der Waals surface area contributed by atoms with Crippen LogP contribution in [-0.2, 0) is 20.7 Å². The van der Waals surface area contributed by atoms with Crippen molar-refractivity contribution in [2.75, 3.05) is 37.7 Å². The zero-order valence-corrected chi connectivity index (χ0v) is 17.1. The van der Waals surface area contributed by atoms with E-state index in [0.717, 1.165) is 11.3 Å². The van der Waals surface area contributed by atoms with E-state index < -0.39 is 10.9 Å². The first-order valence-corrected chi connectivity index (χ1v) is 9.98. The second kappa shape index (κ2) is 10.1.